The molecule has 0 aliphatic heterocycles. The minimum atomic E-state index is -1.17. The number of aromatic nitrogens is 3. The molecule has 1 aliphatic rings. The summed E-state index contributed by atoms with van der Waals surface area (Å²) in [6.45, 7) is 1.27. The van der Waals surface area contributed by atoms with Crippen LogP contribution >= 0.6 is 11.6 Å². The number of benzene rings is 2. The molecule has 0 amide bonds. The van der Waals surface area contributed by atoms with E-state index in [0.717, 1.165) is 6.42 Å². The molecular weight excluding hydrogens is 531 g/mol. The van der Waals surface area contributed by atoms with Crippen molar-refractivity contribution in [3.8, 4) is 5.75 Å². The molecule has 1 aromatic heterocycles. The average molecular weight is 561 g/mol. The molecule has 1 aliphatic carbocycles. The normalized spacial score (nSPS) is 14.1. The SMILES string of the molecule is COc1cc(N(C)CCN(C)C)c([N+](=O)[O-])cc1Nc1ncnc(Nc2cc(Cl)c(F)cc2C2(O)CCC2)n1. The lowest BCUT2D eigenvalue weighted by Crippen LogP contribution is -2.34. The van der Waals surface area contributed by atoms with Gasteiger partial charge >= 0.3 is 0 Å². The molecule has 12 nitrogen and oxygen atoms in total. The van der Waals surface area contributed by atoms with Crippen LogP contribution in [0.2, 0.25) is 5.02 Å². The zero-order chi connectivity index (χ0) is 28.3. The Bertz CT molecular complexity index is 1370. The van der Waals surface area contributed by atoms with E-state index in [-0.39, 0.29) is 28.3 Å². The maximum atomic E-state index is 14.2. The largest absolute Gasteiger partial charge is 0.494 e. The first-order chi connectivity index (χ1) is 18.5. The zero-order valence-corrected chi connectivity index (χ0v) is 22.8. The third-order valence-electron chi connectivity index (χ3n) is 6.59. The Balaban J connectivity index is 1.63. The van der Waals surface area contributed by atoms with Gasteiger partial charge in [-0.2, -0.15) is 4.98 Å². The monoisotopic (exact) mass is 560 g/mol. The molecule has 0 unspecified atom stereocenters. The summed E-state index contributed by atoms with van der Waals surface area (Å²) >= 11 is 6.01. The number of nitro benzene ring substituents is 1. The molecule has 1 heterocycles. The molecule has 3 N–H and O–H groups in total. The highest BCUT2D eigenvalue weighted by atomic mass is 35.5. The smallest absolute Gasteiger partial charge is 0.294 e. The molecule has 1 fully saturated rings. The van der Waals surface area contributed by atoms with Crippen LogP contribution in [0.3, 0.4) is 0 Å². The summed E-state index contributed by atoms with van der Waals surface area (Å²) in [5, 5.41) is 28.6. The van der Waals surface area contributed by atoms with Gasteiger partial charge in [0.25, 0.3) is 5.69 Å². The summed E-state index contributed by atoms with van der Waals surface area (Å²) in [6.07, 6.45) is 3.04. The van der Waals surface area contributed by atoms with Gasteiger partial charge in [-0.25, -0.2) is 14.4 Å². The first kappa shape index (κ1) is 28.2. The number of ether oxygens (including phenoxy) is 1. The summed E-state index contributed by atoms with van der Waals surface area (Å²) in [7, 11) is 7.09. The first-order valence-electron chi connectivity index (χ1n) is 12.2. The van der Waals surface area contributed by atoms with Crippen LogP contribution in [-0.2, 0) is 5.60 Å². The fourth-order valence-corrected chi connectivity index (χ4v) is 4.38. The van der Waals surface area contributed by atoms with Gasteiger partial charge < -0.3 is 30.3 Å². The predicted molar refractivity (Wildman–Crippen MR) is 147 cm³/mol. The summed E-state index contributed by atoms with van der Waals surface area (Å²) in [4.78, 5) is 27.8. The number of hydrogen-bond donors (Lipinski definition) is 3. The molecule has 0 spiro atoms. The first-order valence-corrected chi connectivity index (χ1v) is 12.6. The van der Waals surface area contributed by atoms with Crippen molar-refractivity contribution in [2.75, 3.05) is 56.9 Å². The van der Waals surface area contributed by atoms with E-state index in [1.807, 2.05) is 19.0 Å². The molecule has 0 bridgehead atoms. The van der Waals surface area contributed by atoms with Crippen molar-refractivity contribution in [1.29, 1.82) is 0 Å². The second-order valence-corrected chi connectivity index (χ2v) is 10.0. The van der Waals surface area contributed by atoms with E-state index in [0.29, 0.717) is 48.6 Å². The molecule has 3 aromatic rings. The number of methoxy groups -OCH3 is 1. The van der Waals surface area contributed by atoms with E-state index < -0.39 is 16.3 Å². The van der Waals surface area contributed by atoms with E-state index in [2.05, 4.69) is 25.6 Å². The maximum absolute atomic E-state index is 14.2. The Hall–Kier alpha value is -3.81. The fourth-order valence-electron chi connectivity index (χ4n) is 4.22. The maximum Gasteiger partial charge on any atom is 0.294 e. The van der Waals surface area contributed by atoms with Gasteiger partial charge in [-0.15, -0.1) is 0 Å². The second-order valence-electron chi connectivity index (χ2n) is 9.60. The quantitative estimate of drug-likeness (QED) is 0.226. The summed E-state index contributed by atoms with van der Waals surface area (Å²) in [5.41, 5.74) is 0.106. The van der Waals surface area contributed by atoms with Crippen LogP contribution in [0.5, 0.6) is 5.75 Å². The number of nitrogens with one attached hydrogen (secondary N) is 2. The highest BCUT2D eigenvalue weighted by Gasteiger charge is 2.39. The van der Waals surface area contributed by atoms with Gasteiger partial charge in [0.15, 0.2) is 0 Å². The molecular formula is C25H30ClFN8O4. The van der Waals surface area contributed by atoms with Crippen LogP contribution in [0.1, 0.15) is 24.8 Å². The number of likely N-dealkylation sites (N-methyl/N-ethyl adjacent to an activating group) is 2. The number of nitrogens with zero attached hydrogens (tertiary/aromatic N) is 6. The lowest BCUT2D eigenvalue weighted by atomic mass is 9.74. The Labute approximate surface area is 229 Å². The number of rotatable bonds is 11. The molecule has 1 saturated carbocycles. The van der Waals surface area contributed by atoms with E-state index >= 15 is 0 Å². The summed E-state index contributed by atoms with van der Waals surface area (Å²) in [5.74, 6) is -0.124. The minimum absolute atomic E-state index is 0.0749. The Morgan fingerprint density at radius 3 is 2.36 bits per heavy atom. The van der Waals surface area contributed by atoms with E-state index in [1.54, 1.807) is 18.0 Å². The third kappa shape index (κ3) is 6.27. The zero-order valence-electron chi connectivity index (χ0n) is 22.0. The Kier molecular flexibility index (Phi) is 8.33. The highest BCUT2D eigenvalue weighted by Crippen LogP contribution is 2.45. The van der Waals surface area contributed by atoms with E-state index in [4.69, 9.17) is 16.3 Å². The molecule has 14 heteroatoms. The number of halogens is 2. The van der Waals surface area contributed by atoms with Crippen molar-refractivity contribution in [1.82, 2.24) is 19.9 Å². The van der Waals surface area contributed by atoms with Crippen LogP contribution in [0.4, 0.5) is 39.0 Å². The van der Waals surface area contributed by atoms with Gasteiger partial charge in [0, 0.05) is 43.5 Å². The van der Waals surface area contributed by atoms with Crippen LogP contribution in [0, 0.1) is 15.9 Å². The molecule has 39 heavy (non-hydrogen) atoms. The molecule has 0 radical (unpaired) electrons. The van der Waals surface area contributed by atoms with Crippen molar-refractivity contribution < 1.29 is 19.2 Å². The highest BCUT2D eigenvalue weighted by molar-refractivity contribution is 6.31. The number of hydrogen-bond acceptors (Lipinski definition) is 11. The fraction of sp³-hybridized carbons (Fsp3) is 0.400. The molecule has 0 atom stereocenters. The van der Waals surface area contributed by atoms with Gasteiger partial charge in [-0.1, -0.05) is 11.6 Å². The van der Waals surface area contributed by atoms with Crippen molar-refractivity contribution in [3.63, 3.8) is 0 Å². The molecule has 2 aromatic carbocycles. The van der Waals surface area contributed by atoms with Crippen LogP contribution in [-0.4, -0.2) is 71.2 Å². The topological polar surface area (TPSA) is 142 Å². The van der Waals surface area contributed by atoms with Gasteiger partial charge in [0.1, 0.15) is 23.6 Å². The minimum Gasteiger partial charge on any atom is -0.494 e. The van der Waals surface area contributed by atoms with Crippen molar-refractivity contribution in [2.24, 2.45) is 0 Å². The van der Waals surface area contributed by atoms with Crippen molar-refractivity contribution in [3.05, 3.63) is 57.1 Å². The number of anilines is 5. The van der Waals surface area contributed by atoms with Crippen LogP contribution in [0.15, 0.2) is 30.6 Å². The lowest BCUT2D eigenvalue weighted by molar-refractivity contribution is -0.384. The van der Waals surface area contributed by atoms with E-state index in [1.165, 1.54) is 31.6 Å². The summed E-state index contributed by atoms with van der Waals surface area (Å²) < 4.78 is 19.7. The Morgan fingerprint density at radius 1 is 1.13 bits per heavy atom. The predicted octanol–water partition coefficient (Wildman–Crippen LogP) is 4.44. The lowest BCUT2D eigenvalue weighted by Gasteiger charge is -2.38. The van der Waals surface area contributed by atoms with Crippen molar-refractivity contribution in [2.45, 2.75) is 24.9 Å². The number of aliphatic hydroxyl groups is 1. The van der Waals surface area contributed by atoms with Gasteiger partial charge in [-0.05, 0) is 45.5 Å². The van der Waals surface area contributed by atoms with Crippen LogP contribution in [0.25, 0.3) is 0 Å². The van der Waals surface area contributed by atoms with E-state index in [9.17, 15) is 19.6 Å². The van der Waals surface area contributed by atoms with Gasteiger partial charge in [0.05, 0.1) is 28.3 Å². The van der Waals surface area contributed by atoms with Crippen molar-refractivity contribution >= 4 is 46.2 Å². The third-order valence-corrected chi connectivity index (χ3v) is 6.88. The number of nitro groups is 1. The second kappa shape index (κ2) is 11.5. The van der Waals surface area contributed by atoms with Gasteiger partial charge in [0.2, 0.25) is 11.9 Å². The molecule has 208 valence electrons. The summed E-state index contributed by atoms with van der Waals surface area (Å²) in [6, 6.07) is 5.53. The molecule has 4 rings (SSSR count). The standard InChI is InChI=1S/C25H30ClFN8O4/c1-33(2)8-9-34(3)20-13-22(39-4)19(12-21(20)35(37)38)31-24-29-14-28-23(32-24)30-18-11-16(26)17(27)10-15(18)25(36)6-5-7-25/h10-14,36H,5-9H2,1-4H3,(H2,28,29,30,31,32). The van der Waals surface area contributed by atoms with Gasteiger partial charge in [-0.3, -0.25) is 10.1 Å². The van der Waals surface area contributed by atoms with Crippen LogP contribution < -0.4 is 20.3 Å². The average Bonchev–Trinajstić information content (AvgIpc) is 2.87. The molecule has 0 saturated heterocycles. The Morgan fingerprint density at radius 2 is 1.79 bits per heavy atom.